The molecule has 0 bridgehead atoms. The summed E-state index contributed by atoms with van der Waals surface area (Å²) in [5, 5.41) is 4.68. The summed E-state index contributed by atoms with van der Waals surface area (Å²) in [7, 11) is 0. The van der Waals surface area contributed by atoms with E-state index in [0.29, 0.717) is 5.82 Å². The SMILES string of the molecule is c1ccc(-c2cc(-c3ccccn3)nc(-c3ccc(-c4cc(-c5ccc6ccccc6c5)nc(-c5ccc6ccccc6c5)n4)cn3)c2)cc1. The van der Waals surface area contributed by atoms with Gasteiger partial charge in [0, 0.05) is 29.1 Å². The van der Waals surface area contributed by atoms with E-state index in [0.717, 1.165) is 67.4 Å². The Bertz CT molecular complexity index is 2480. The van der Waals surface area contributed by atoms with Gasteiger partial charge in [-0.3, -0.25) is 9.97 Å². The van der Waals surface area contributed by atoms with Crippen LogP contribution in [0.5, 0.6) is 0 Å². The van der Waals surface area contributed by atoms with Crippen LogP contribution in [0.4, 0.5) is 0 Å². The topological polar surface area (TPSA) is 64.5 Å². The van der Waals surface area contributed by atoms with Crippen molar-refractivity contribution in [2.24, 2.45) is 0 Å². The van der Waals surface area contributed by atoms with Crippen molar-refractivity contribution < 1.29 is 0 Å². The van der Waals surface area contributed by atoms with E-state index in [1.165, 1.54) is 16.2 Å². The van der Waals surface area contributed by atoms with Crippen LogP contribution < -0.4 is 0 Å². The van der Waals surface area contributed by atoms with Crippen LogP contribution in [-0.2, 0) is 0 Å². The minimum absolute atomic E-state index is 0.665. The van der Waals surface area contributed by atoms with Gasteiger partial charge in [0.25, 0.3) is 0 Å². The van der Waals surface area contributed by atoms with Gasteiger partial charge >= 0.3 is 0 Å². The lowest BCUT2D eigenvalue weighted by Crippen LogP contribution is -1.97. The van der Waals surface area contributed by atoms with Crippen LogP contribution in [0, 0.1) is 0 Å². The highest BCUT2D eigenvalue weighted by Gasteiger charge is 2.14. The Kier molecular flexibility index (Phi) is 7.41. The molecule has 0 radical (unpaired) electrons. The molecular formula is C45H29N5. The van der Waals surface area contributed by atoms with Gasteiger partial charge in [-0.1, -0.05) is 109 Å². The fourth-order valence-corrected chi connectivity index (χ4v) is 6.35. The molecule has 0 aliphatic carbocycles. The van der Waals surface area contributed by atoms with Crippen molar-refractivity contribution in [3.05, 3.63) is 176 Å². The second kappa shape index (κ2) is 12.6. The lowest BCUT2D eigenvalue weighted by Gasteiger charge is -2.12. The maximum Gasteiger partial charge on any atom is 0.160 e. The molecule has 4 aromatic heterocycles. The monoisotopic (exact) mass is 639 g/mol. The average Bonchev–Trinajstić information content (AvgIpc) is 3.21. The summed E-state index contributed by atoms with van der Waals surface area (Å²) in [6.07, 6.45) is 3.67. The summed E-state index contributed by atoms with van der Waals surface area (Å²) in [5.74, 6) is 0.665. The minimum Gasteiger partial charge on any atom is -0.255 e. The standard InChI is InChI=1S/C45H29N5/c1-2-10-30(11-3-1)38-26-43(39-16-8-9-23-46-39)48-44(27-38)40-22-21-37(29-47-40)42-28-41(35-19-17-31-12-4-6-14-33(31)24-35)49-45(50-42)36-20-18-32-13-5-7-15-34(32)25-36/h1-29H. The summed E-state index contributed by atoms with van der Waals surface area (Å²) >= 11 is 0. The molecule has 4 heterocycles. The smallest absolute Gasteiger partial charge is 0.160 e. The predicted molar refractivity (Wildman–Crippen MR) is 203 cm³/mol. The van der Waals surface area contributed by atoms with Crippen molar-refractivity contribution in [1.82, 2.24) is 24.9 Å². The molecular weight excluding hydrogens is 611 g/mol. The first-order valence-electron chi connectivity index (χ1n) is 16.6. The largest absolute Gasteiger partial charge is 0.255 e. The summed E-state index contributed by atoms with van der Waals surface area (Å²) in [4.78, 5) is 24.7. The second-order valence-electron chi connectivity index (χ2n) is 12.2. The van der Waals surface area contributed by atoms with Gasteiger partial charge in [-0.25, -0.2) is 15.0 Å². The quantitative estimate of drug-likeness (QED) is 0.181. The zero-order valence-electron chi connectivity index (χ0n) is 27.0. The molecule has 0 aliphatic rings. The number of fused-ring (bicyclic) bond motifs is 2. The number of nitrogens with zero attached hydrogens (tertiary/aromatic N) is 5. The van der Waals surface area contributed by atoms with Crippen molar-refractivity contribution in [2.75, 3.05) is 0 Å². The average molecular weight is 640 g/mol. The first-order valence-corrected chi connectivity index (χ1v) is 16.6. The third kappa shape index (κ3) is 5.78. The molecule has 0 saturated heterocycles. The Morgan fingerprint density at radius 1 is 0.280 bits per heavy atom. The summed E-state index contributed by atoms with van der Waals surface area (Å²) < 4.78 is 0. The highest BCUT2D eigenvalue weighted by molar-refractivity contribution is 5.89. The van der Waals surface area contributed by atoms with Crippen molar-refractivity contribution in [1.29, 1.82) is 0 Å². The van der Waals surface area contributed by atoms with Crippen LogP contribution in [0.15, 0.2) is 176 Å². The molecule has 5 aromatic carbocycles. The van der Waals surface area contributed by atoms with Crippen molar-refractivity contribution in [3.63, 3.8) is 0 Å². The van der Waals surface area contributed by atoms with Crippen LogP contribution in [0.1, 0.15) is 0 Å². The van der Waals surface area contributed by atoms with Gasteiger partial charge in [0.05, 0.1) is 34.2 Å². The number of benzene rings is 5. The Labute approximate surface area is 289 Å². The molecule has 0 aliphatic heterocycles. The number of hydrogen-bond acceptors (Lipinski definition) is 5. The lowest BCUT2D eigenvalue weighted by atomic mass is 10.0. The molecule has 0 fully saturated rings. The zero-order valence-corrected chi connectivity index (χ0v) is 27.0. The zero-order chi connectivity index (χ0) is 33.3. The normalized spacial score (nSPS) is 11.2. The maximum atomic E-state index is 5.11. The van der Waals surface area contributed by atoms with Gasteiger partial charge in [0.1, 0.15) is 0 Å². The van der Waals surface area contributed by atoms with Gasteiger partial charge in [-0.15, -0.1) is 0 Å². The van der Waals surface area contributed by atoms with Crippen LogP contribution in [-0.4, -0.2) is 24.9 Å². The molecule has 0 atom stereocenters. The van der Waals surface area contributed by atoms with Crippen LogP contribution in [0.3, 0.4) is 0 Å². The van der Waals surface area contributed by atoms with E-state index < -0.39 is 0 Å². The molecule has 9 rings (SSSR count). The first-order chi connectivity index (χ1) is 24.7. The van der Waals surface area contributed by atoms with Crippen molar-refractivity contribution in [3.8, 4) is 67.8 Å². The molecule has 0 N–H and O–H groups in total. The van der Waals surface area contributed by atoms with E-state index in [2.05, 4.69) is 126 Å². The lowest BCUT2D eigenvalue weighted by molar-refractivity contribution is 1.17. The number of pyridine rings is 3. The molecule has 0 amide bonds. The van der Waals surface area contributed by atoms with E-state index >= 15 is 0 Å². The maximum absolute atomic E-state index is 5.11. The van der Waals surface area contributed by atoms with E-state index in [1.54, 1.807) is 6.20 Å². The van der Waals surface area contributed by atoms with Crippen LogP contribution in [0.2, 0.25) is 0 Å². The Balaban J connectivity index is 1.15. The van der Waals surface area contributed by atoms with Crippen LogP contribution in [0.25, 0.3) is 89.4 Å². The summed E-state index contributed by atoms with van der Waals surface area (Å²) in [5.41, 5.74) is 9.84. The molecule has 50 heavy (non-hydrogen) atoms. The van der Waals surface area contributed by atoms with Gasteiger partial charge < -0.3 is 0 Å². The number of aromatic nitrogens is 5. The fourth-order valence-electron chi connectivity index (χ4n) is 6.35. The van der Waals surface area contributed by atoms with E-state index in [-0.39, 0.29) is 0 Å². The Morgan fingerprint density at radius 3 is 1.52 bits per heavy atom. The molecule has 0 unspecified atom stereocenters. The third-order valence-corrected chi connectivity index (χ3v) is 8.96. The van der Waals surface area contributed by atoms with Gasteiger partial charge in [-0.05, 0) is 87.3 Å². The summed E-state index contributed by atoms with van der Waals surface area (Å²) in [6, 6.07) is 56.1. The molecule has 0 spiro atoms. The van der Waals surface area contributed by atoms with Gasteiger partial charge in [0.15, 0.2) is 5.82 Å². The van der Waals surface area contributed by atoms with Crippen LogP contribution >= 0.6 is 0 Å². The fraction of sp³-hybridized carbons (Fsp3) is 0. The molecule has 5 nitrogen and oxygen atoms in total. The molecule has 5 heteroatoms. The number of hydrogen-bond donors (Lipinski definition) is 0. The predicted octanol–water partition coefficient (Wildman–Crippen LogP) is 11.0. The molecule has 0 saturated carbocycles. The highest BCUT2D eigenvalue weighted by atomic mass is 14.9. The van der Waals surface area contributed by atoms with E-state index in [4.69, 9.17) is 19.9 Å². The van der Waals surface area contributed by atoms with Gasteiger partial charge in [-0.2, -0.15) is 0 Å². The number of rotatable bonds is 6. The summed E-state index contributed by atoms with van der Waals surface area (Å²) in [6.45, 7) is 0. The minimum atomic E-state index is 0.665. The highest BCUT2D eigenvalue weighted by Crippen LogP contribution is 2.33. The van der Waals surface area contributed by atoms with E-state index in [9.17, 15) is 0 Å². The third-order valence-electron chi connectivity index (χ3n) is 8.96. The van der Waals surface area contributed by atoms with Crippen molar-refractivity contribution >= 4 is 21.5 Å². The molecule has 9 aromatic rings. The molecule has 234 valence electrons. The first kappa shape index (κ1) is 29.3. The van der Waals surface area contributed by atoms with E-state index in [1.807, 2.05) is 48.7 Å². The van der Waals surface area contributed by atoms with Crippen molar-refractivity contribution in [2.45, 2.75) is 0 Å². The van der Waals surface area contributed by atoms with Gasteiger partial charge in [0.2, 0.25) is 0 Å². The Morgan fingerprint density at radius 2 is 0.860 bits per heavy atom. The second-order valence-corrected chi connectivity index (χ2v) is 12.2. The Hall–Kier alpha value is -6.85.